The monoisotopic (exact) mass is 247 g/mol. The molecule has 1 aliphatic rings. The van der Waals surface area contributed by atoms with Crippen molar-refractivity contribution in [2.75, 3.05) is 7.11 Å². The zero-order valence-corrected chi connectivity index (χ0v) is 10.8. The third kappa shape index (κ3) is 2.53. The van der Waals surface area contributed by atoms with E-state index >= 15 is 0 Å². The van der Waals surface area contributed by atoms with Gasteiger partial charge in [-0.2, -0.15) is 0 Å². The van der Waals surface area contributed by atoms with E-state index in [0.29, 0.717) is 6.42 Å². The molecule has 1 aromatic rings. The summed E-state index contributed by atoms with van der Waals surface area (Å²) in [6.45, 7) is 3.59. The predicted molar refractivity (Wildman–Crippen MR) is 69.0 cm³/mol. The summed E-state index contributed by atoms with van der Waals surface area (Å²) in [6, 6.07) is 7.86. The molecule has 2 rings (SSSR count). The van der Waals surface area contributed by atoms with Crippen LogP contribution >= 0.6 is 0 Å². The van der Waals surface area contributed by atoms with E-state index in [1.54, 1.807) is 7.11 Å². The molecule has 18 heavy (non-hydrogen) atoms. The SMILES string of the molecule is COc1ccc([C@@H](C)C2=NOC(C(C)=O)C2)cc1. The third-order valence-corrected chi connectivity index (χ3v) is 3.26. The van der Waals surface area contributed by atoms with Crippen molar-refractivity contribution in [2.24, 2.45) is 5.16 Å². The number of nitrogens with zero attached hydrogens (tertiary/aromatic N) is 1. The molecule has 4 heteroatoms. The Morgan fingerprint density at radius 1 is 1.44 bits per heavy atom. The Morgan fingerprint density at radius 3 is 2.61 bits per heavy atom. The Kier molecular flexibility index (Phi) is 3.65. The van der Waals surface area contributed by atoms with Gasteiger partial charge in [0, 0.05) is 12.3 Å². The van der Waals surface area contributed by atoms with Gasteiger partial charge in [0.1, 0.15) is 5.75 Å². The summed E-state index contributed by atoms with van der Waals surface area (Å²) in [5.74, 6) is 1.01. The molecule has 0 aliphatic carbocycles. The predicted octanol–water partition coefficient (Wildman–Crippen LogP) is 2.53. The fourth-order valence-corrected chi connectivity index (χ4v) is 1.95. The largest absolute Gasteiger partial charge is 0.497 e. The van der Waals surface area contributed by atoms with Crippen LogP contribution in [0.25, 0.3) is 0 Å². The first kappa shape index (κ1) is 12.6. The molecule has 0 amide bonds. The van der Waals surface area contributed by atoms with Gasteiger partial charge in [0.25, 0.3) is 0 Å². The van der Waals surface area contributed by atoms with E-state index in [4.69, 9.17) is 9.57 Å². The molecule has 4 nitrogen and oxygen atoms in total. The number of ketones is 1. The molecule has 0 spiro atoms. The Morgan fingerprint density at radius 2 is 2.11 bits per heavy atom. The molecule has 0 saturated carbocycles. The van der Waals surface area contributed by atoms with Crippen LogP contribution in [0, 0.1) is 0 Å². The summed E-state index contributed by atoms with van der Waals surface area (Å²) in [5, 5.41) is 4.02. The van der Waals surface area contributed by atoms with Gasteiger partial charge in [-0.25, -0.2) is 0 Å². The molecule has 1 heterocycles. The number of oxime groups is 1. The Hall–Kier alpha value is -1.84. The Labute approximate surface area is 107 Å². The van der Waals surface area contributed by atoms with Gasteiger partial charge in [-0.05, 0) is 24.6 Å². The molecular formula is C14H17NO3. The lowest BCUT2D eigenvalue weighted by Gasteiger charge is -2.11. The van der Waals surface area contributed by atoms with Gasteiger partial charge >= 0.3 is 0 Å². The van der Waals surface area contributed by atoms with E-state index in [0.717, 1.165) is 17.0 Å². The Bertz CT molecular complexity index is 464. The minimum absolute atomic E-state index is 0.0238. The molecule has 0 fully saturated rings. The Balaban J connectivity index is 2.07. The van der Waals surface area contributed by atoms with Crippen molar-refractivity contribution in [1.82, 2.24) is 0 Å². The van der Waals surface area contributed by atoms with Crippen LogP contribution in [0.1, 0.15) is 31.7 Å². The van der Waals surface area contributed by atoms with Crippen LogP contribution in [-0.2, 0) is 9.63 Å². The summed E-state index contributed by atoms with van der Waals surface area (Å²) in [4.78, 5) is 16.3. The first-order valence-corrected chi connectivity index (χ1v) is 5.98. The van der Waals surface area contributed by atoms with Crippen LogP contribution in [0.4, 0.5) is 0 Å². The average molecular weight is 247 g/mol. The van der Waals surface area contributed by atoms with Crippen molar-refractivity contribution in [2.45, 2.75) is 32.3 Å². The van der Waals surface area contributed by atoms with Crippen LogP contribution in [0.2, 0.25) is 0 Å². The number of rotatable bonds is 4. The van der Waals surface area contributed by atoms with E-state index in [1.165, 1.54) is 6.92 Å². The highest BCUT2D eigenvalue weighted by Gasteiger charge is 2.28. The van der Waals surface area contributed by atoms with Crippen molar-refractivity contribution >= 4 is 11.5 Å². The van der Waals surface area contributed by atoms with Gasteiger partial charge < -0.3 is 9.57 Å². The number of methoxy groups -OCH3 is 1. The minimum Gasteiger partial charge on any atom is -0.497 e. The average Bonchev–Trinajstić information content (AvgIpc) is 2.88. The van der Waals surface area contributed by atoms with Crippen molar-refractivity contribution in [1.29, 1.82) is 0 Å². The highest BCUT2D eigenvalue weighted by molar-refractivity contribution is 5.96. The number of benzene rings is 1. The van der Waals surface area contributed by atoms with Gasteiger partial charge in [0.15, 0.2) is 11.9 Å². The summed E-state index contributed by atoms with van der Waals surface area (Å²) in [5.41, 5.74) is 2.06. The van der Waals surface area contributed by atoms with E-state index in [9.17, 15) is 4.79 Å². The number of carbonyl (C=O) groups excluding carboxylic acids is 1. The number of carbonyl (C=O) groups is 1. The number of hydrogen-bond acceptors (Lipinski definition) is 4. The summed E-state index contributed by atoms with van der Waals surface area (Å²) < 4.78 is 5.12. The van der Waals surface area contributed by atoms with Crippen molar-refractivity contribution in [3.8, 4) is 5.75 Å². The van der Waals surface area contributed by atoms with Crippen LogP contribution in [0.5, 0.6) is 5.75 Å². The van der Waals surface area contributed by atoms with Crippen molar-refractivity contribution in [3.05, 3.63) is 29.8 Å². The minimum atomic E-state index is -0.402. The molecule has 0 N–H and O–H groups in total. The second-order valence-electron chi connectivity index (χ2n) is 4.49. The number of hydrogen-bond donors (Lipinski definition) is 0. The van der Waals surface area contributed by atoms with E-state index in [-0.39, 0.29) is 11.7 Å². The van der Waals surface area contributed by atoms with Crippen molar-refractivity contribution in [3.63, 3.8) is 0 Å². The maximum Gasteiger partial charge on any atom is 0.190 e. The van der Waals surface area contributed by atoms with Gasteiger partial charge in [0.05, 0.1) is 12.8 Å². The van der Waals surface area contributed by atoms with Crippen LogP contribution in [0.3, 0.4) is 0 Å². The molecule has 1 unspecified atom stereocenters. The first-order chi connectivity index (χ1) is 8.61. The maximum atomic E-state index is 11.2. The first-order valence-electron chi connectivity index (χ1n) is 5.98. The van der Waals surface area contributed by atoms with Crippen LogP contribution in [-0.4, -0.2) is 24.7 Å². The zero-order chi connectivity index (χ0) is 13.1. The topological polar surface area (TPSA) is 47.9 Å². The molecule has 0 radical (unpaired) electrons. The lowest BCUT2D eigenvalue weighted by molar-refractivity contribution is -0.126. The van der Waals surface area contributed by atoms with Gasteiger partial charge in [-0.3, -0.25) is 4.79 Å². The molecule has 0 bridgehead atoms. The number of ether oxygens (including phenoxy) is 1. The number of Topliss-reactive ketones (excluding diaryl/α,β-unsaturated/α-hetero) is 1. The van der Waals surface area contributed by atoms with Gasteiger partial charge in [-0.15, -0.1) is 0 Å². The normalized spacial score (nSPS) is 19.9. The van der Waals surface area contributed by atoms with Crippen LogP contribution in [0.15, 0.2) is 29.4 Å². The summed E-state index contributed by atoms with van der Waals surface area (Å²) >= 11 is 0. The third-order valence-electron chi connectivity index (χ3n) is 3.26. The quantitative estimate of drug-likeness (QED) is 0.821. The van der Waals surface area contributed by atoms with Gasteiger partial charge in [-0.1, -0.05) is 24.2 Å². The maximum absolute atomic E-state index is 11.2. The molecule has 1 aliphatic heterocycles. The molecule has 96 valence electrons. The molecule has 0 aromatic heterocycles. The van der Waals surface area contributed by atoms with E-state index < -0.39 is 6.10 Å². The molecule has 2 atom stereocenters. The summed E-state index contributed by atoms with van der Waals surface area (Å²) in [7, 11) is 1.64. The second-order valence-corrected chi connectivity index (χ2v) is 4.49. The standard InChI is InChI=1S/C14H17NO3/c1-9(11-4-6-12(17-3)7-5-11)13-8-14(10(2)16)18-15-13/h4-7,9,14H,8H2,1-3H3/t9-,14?/m1/s1. The molecular weight excluding hydrogens is 230 g/mol. The zero-order valence-electron chi connectivity index (χ0n) is 10.8. The second kappa shape index (κ2) is 5.21. The van der Waals surface area contributed by atoms with Gasteiger partial charge in [0.2, 0.25) is 0 Å². The van der Waals surface area contributed by atoms with Crippen LogP contribution < -0.4 is 4.74 Å². The fourth-order valence-electron chi connectivity index (χ4n) is 1.95. The van der Waals surface area contributed by atoms with Crippen molar-refractivity contribution < 1.29 is 14.4 Å². The lowest BCUT2D eigenvalue weighted by Crippen LogP contribution is -2.18. The molecule has 1 aromatic carbocycles. The highest BCUT2D eigenvalue weighted by atomic mass is 16.6. The molecule has 0 saturated heterocycles. The highest BCUT2D eigenvalue weighted by Crippen LogP contribution is 2.26. The fraction of sp³-hybridized carbons (Fsp3) is 0.429. The van der Waals surface area contributed by atoms with E-state index in [1.807, 2.05) is 24.3 Å². The smallest absolute Gasteiger partial charge is 0.190 e. The summed E-state index contributed by atoms with van der Waals surface area (Å²) in [6.07, 6.45) is 0.184. The van der Waals surface area contributed by atoms with E-state index in [2.05, 4.69) is 12.1 Å². The lowest BCUT2D eigenvalue weighted by atomic mass is 9.92.